The van der Waals surface area contributed by atoms with Crippen LogP contribution in [0.3, 0.4) is 0 Å². The number of halogens is 1. The van der Waals surface area contributed by atoms with Crippen LogP contribution in [0, 0.1) is 0 Å². The van der Waals surface area contributed by atoms with E-state index in [-0.39, 0.29) is 0 Å². The monoisotopic (exact) mass is 291 g/mol. The van der Waals surface area contributed by atoms with Gasteiger partial charge in [0, 0.05) is 12.6 Å². The molecule has 0 aliphatic heterocycles. The van der Waals surface area contributed by atoms with Gasteiger partial charge in [-0.25, -0.2) is 4.98 Å². The topological polar surface area (TPSA) is 72.5 Å². The second-order valence-corrected chi connectivity index (χ2v) is 4.60. The Morgan fingerprint density at radius 1 is 1.41 bits per heavy atom. The summed E-state index contributed by atoms with van der Waals surface area (Å²) >= 11 is 3.46. The minimum Gasteiger partial charge on any atom is -0.383 e. The van der Waals surface area contributed by atoms with Crippen molar-refractivity contribution in [3.63, 3.8) is 0 Å². The van der Waals surface area contributed by atoms with E-state index in [4.69, 9.17) is 5.73 Å². The average molecular weight is 292 g/mol. The van der Waals surface area contributed by atoms with Crippen molar-refractivity contribution in [3.8, 4) is 11.3 Å². The Morgan fingerprint density at radius 2 is 2.24 bits per heavy atom. The molecular formula is C11H10BrN5. The van der Waals surface area contributed by atoms with E-state index in [0.29, 0.717) is 5.82 Å². The third-order valence-electron chi connectivity index (χ3n) is 2.73. The molecule has 0 bridgehead atoms. The third kappa shape index (κ3) is 1.52. The van der Waals surface area contributed by atoms with Gasteiger partial charge in [-0.15, -0.1) is 0 Å². The zero-order chi connectivity index (χ0) is 12.0. The van der Waals surface area contributed by atoms with Crippen LogP contribution in [0.5, 0.6) is 0 Å². The molecule has 6 heteroatoms. The molecule has 3 rings (SSSR count). The highest BCUT2D eigenvalue weighted by Crippen LogP contribution is 2.32. The number of anilines is 1. The molecule has 0 fully saturated rings. The van der Waals surface area contributed by atoms with Crippen LogP contribution in [-0.4, -0.2) is 19.7 Å². The van der Waals surface area contributed by atoms with Crippen molar-refractivity contribution in [2.75, 3.05) is 5.73 Å². The minimum absolute atomic E-state index is 0.615. The van der Waals surface area contributed by atoms with Crippen LogP contribution in [-0.2, 0) is 7.05 Å². The van der Waals surface area contributed by atoms with Gasteiger partial charge >= 0.3 is 0 Å². The van der Waals surface area contributed by atoms with Crippen LogP contribution in [0.25, 0.3) is 22.3 Å². The molecule has 2 aromatic heterocycles. The van der Waals surface area contributed by atoms with E-state index in [0.717, 1.165) is 26.8 Å². The van der Waals surface area contributed by atoms with Crippen molar-refractivity contribution in [1.82, 2.24) is 19.7 Å². The fourth-order valence-electron chi connectivity index (χ4n) is 1.78. The number of imidazole rings is 1. The Hall–Kier alpha value is -1.82. The number of H-pyrrole nitrogens is 1. The molecule has 2 heterocycles. The summed E-state index contributed by atoms with van der Waals surface area (Å²) in [6.45, 7) is 0. The molecule has 0 saturated heterocycles. The lowest BCUT2D eigenvalue weighted by Gasteiger charge is -1.97. The van der Waals surface area contributed by atoms with E-state index in [2.05, 4.69) is 31.0 Å². The predicted octanol–water partition coefficient (Wildman–Crippen LogP) is 2.31. The molecule has 86 valence electrons. The van der Waals surface area contributed by atoms with Gasteiger partial charge in [0.1, 0.15) is 11.5 Å². The number of hydrogen-bond donors (Lipinski definition) is 2. The summed E-state index contributed by atoms with van der Waals surface area (Å²) in [6, 6.07) is 5.95. The van der Waals surface area contributed by atoms with Gasteiger partial charge in [-0.3, -0.25) is 4.68 Å². The third-order valence-corrected chi connectivity index (χ3v) is 3.51. The smallest absolute Gasteiger partial charge is 0.136 e. The highest BCUT2D eigenvalue weighted by atomic mass is 79.9. The number of aryl methyl sites for hydroxylation is 1. The minimum atomic E-state index is 0.615. The summed E-state index contributed by atoms with van der Waals surface area (Å²) in [6.07, 6.45) is 1.68. The lowest BCUT2D eigenvalue weighted by Crippen LogP contribution is -1.97. The van der Waals surface area contributed by atoms with Crippen molar-refractivity contribution in [1.29, 1.82) is 0 Å². The van der Waals surface area contributed by atoms with E-state index in [1.165, 1.54) is 0 Å². The highest BCUT2D eigenvalue weighted by molar-refractivity contribution is 9.10. The molecule has 0 atom stereocenters. The first-order valence-electron chi connectivity index (χ1n) is 5.08. The number of rotatable bonds is 1. The second kappa shape index (κ2) is 3.59. The summed E-state index contributed by atoms with van der Waals surface area (Å²) in [5.74, 6) is 0.615. The zero-order valence-corrected chi connectivity index (χ0v) is 10.7. The number of nitrogen functional groups attached to an aromatic ring is 1. The summed E-state index contributed by atoms with van der Waals surface area (Å²) in [5.41, 5.74) is 9.63. The number of aromatic amines is 1. The molecule has 0 radical (unpaired) electrons. The number of nitrogens with two attached hydrogens (primary N) is 1. The lowest BCUT2D eigenvalue weighted by molar-refractivity contribution is 0.782. The van der Waals surface area contributed by atoms with Crippen molar-refractivity contribution >= 4 is 32.8 Å². The van der Waals surface area contributed by atoms with E-state index >= 15 is 0 Å². The molecule has 0 saturated carbocycles. The summed E-state index contributed by atoms with van der Waals surface area (Å²) in [5, 5.41) is 4.38. The molecule has 3 aromatic rings. The van der Waals surface area contributed by atoms with Gasteiger partial charge in [0.15, 0.2) is 0 Å². The van der Waals surface area contributed by atoms with Gasteiger partial charge in [-0.05, 0) is 28.1 Å². The molecule has 0 aliphatic carbocycles. The molecular weight excluding hydrogens is 282 g/mol. The number of nitrogens with zero attached hydrogens (tertiary/aromatic N) is 3. The average Bonchev–Trinajstić information content (AvgIpc) is 2.89. The maximum absolute atomic E-state index is 5.87. The van der Waals surface area contributed by atoms with Gasteiger partial charge in [0.2, 0.25) is 0 Å². The maximum Gasteiger partial charge on any atom is 0.136 e. The largest absolute Gasteiger partial charge is 0.383 e. The first-order chi connectivity index (χ1) is 8.16. The number of fused-ring (bicyclic) bond motifs is 1. The maximum atomic E-state index is 5.87. The first kappa shape index (κ1) is 10.3. The van der Waals surface area contributed by atoms with Crippen molar-refractivity contribution in [2.24, 2.45) is 7.05 Å². The summed E-state index contributed by atoms with van der Waals surface area (Å²) in [4.78, 5) is 7.26. The highest BCUT2D eigenvalue weighted by Gasteiger charge is 2.13. The van der Waals surface area contributed by atoms with Gasteiger partial charge in [-0.1, -0.05) is 6.07 Å². The fourth-order valence-corrected chi connectivity index (χ4v) is 2.34. The number of aromatic nitrogens is 4. The lowest BCUT2D eigenvalue weighted by atomic mass is 10.1. The molecule has 3 N–H and O–H groups in total. The fraction of sp³-hybridized carbons (Fsp3) is 0.0909. The normalized spacial score (nSPS) is 11.2. The molecule has 0 unspecified atom stereocenters. The Labute approximate surface area is 106 Å². The van der Waals surface area contributed by atoms with E-state index in [1.807, 2.05) is 25.2 Å². The van der Waals surface area contributed by atoms with Gasteiger partial charge < -0.3 is 10.7 Å². The van der Waals surface area contributed by atoms with Crippen LogP contribution in [0.1, 0.15) is 0 Å². The quantitative estimate of drug-likeness (QED) is 0.723. The van der Waals surface area contributed by atoms with E-state index in [1.54, 1.807) is 11.0 Å². The van der Waals surface area contributed by atoms with Gasteiger partial charge in [-0.2, -0.15) is 5.10 Å². The number of benzene rings is 1. The SMILES string of the molecule is Cn1nc(-c2ccc3nc[nH]c3c2)c(Br)c1N. The van der Waals surface area contributed by atoms with E-state index in [9.17, 15) is 0 Å². The predicted molar refractivity (Wildman–Crippen MR) is 70.4 cm³/mol. The van der Waals surface area contributed by atoms with Crippen LogP contribution in [0.2, 0.25) is 0 Å². The Bertz CT molecular complexity index is 697. The van der Waals surface area contributed by atoms with Crippen LogP contribution in [0.15, 0.2) is 29.0 Å². The van der Waals surface area contributed by atoms with Crippen molar-refractivity contribution < 1.29 is 0 Å². The van der Waals surface area contributed by atoms with Crippen LogP contribution in [0.4, 0.5) is 5.82 Å². The van der Waals surface area contributed by atoms with Crippen molar-refractivity contribution in [2.45, 2.75) is 0 Å². The second-order valence-electron chi connectivity index (χ2n) is 3.81. The van der Waals surface area contributed by atoms with Crippen molar-refractivity contribution in [3.05, 3.63) is 29.0 Å². The van der Waals surface area contributed by atoms with Gasteiger partial charge in [0.25, 0.3) is 0 Å². The Balaban J connectivity index is 2.22. The van der Waals surface area contributed by atoms with Crippen LogP contribution < -0.4 is 5.73 Å². The molecule has 5 nitrogen and oxygen atoms in total. The van der Waals surface area contributed by atoms with Crippen LogP contribution >= 0.6 is 15.9 Å². The molecule has 0 spiro atoms. The number of hydrogen-bond acceptors (Lipinski definition) is 3. The summed E-state index contributed by atoms with van der Waals surface area (Å²) in [7, 11) is 1.82. The summed E-state index contributed by atoms with van der Waals surface area (Å²) < 4.78 is 2.47. The molecule has 17 heavy (non-hydrogen) atoms. The zero-order valence-electron chi connectivity index (χ0n) is 9.11. The Kier molecular flexibility index (Phi) is 2.19. The standard InChI is InChI=1S/C11H10BrN5/c1-17-11(13)9(12)10(16-17)6-2-3-7-8(4-6)15-5-14-7/h2-5H,13H2,1H3,(H,14,15). The first-order valence-corrected chi connectivity index (χ1v) is 5.87. The van der Waals surface area contributed by atoms with E-state index < -0.39 is 0 Å². The molecule has 1 aromatic carbocycles. The van der Waals surface area contributed by atoms with Gasteiger partial charge in [0.05, 0.1) is 21.8 Å². The molecule has 0 aliphatic rings. The Morgan fingerprint density at radius 3 is 2.94 bits per heavy atom. The molecule has 0 amide bonds. The number of nitrogens with one attached hydrogen (secondary N) is 1.